The second-order valence-electron chi connectivity index (χ2n) is 3.67. The predicted octanol–water partition coefficient (Wildman–Crippen LogP) is 2.46. The van der Waals surface area contributed by atoms with Crippen molar-refractivity contribution in [2.75, 3.05) is 18.5 Å². The molecule has 88 valence electrons. The Hall–Kier alpha value is -2.21. The first-order valence-corrected chi connectivity index (χ1v) is 5.22. The van der Waals surface area contributed by atoms with Crippen LogP contribution >= 0.6 is 0 Å². The van der Waals surface area contributed by atoms with Crippen molar-refractivity contribution in [1.29, 1.82) is 0 Å². The molecule has 0 unspecified atom stereocenters. The SMILES string of the molecule is C#CCOC(=O)c1cccc(NCC(=C)C)c1. The standard InChI is InChI=1S/C14H15NO2/c1-4-8-17-14(16)12-6-5-7-13(9-12)15-10-11(2)3/h1,5-7,9,15H,2,8,10H2,3H3. The van der Waals surface area contributed by atoms with E-state index < -0.39 is 5.97 Å². The Labute approximate surface area is 101 Å². The highest BCUT2D eigenvalue weighted by Crippen LogP contribution is 2.12. The first kappa shape index (κ1) is 12.9. The van der Waals surface area contributed by atoms with E-state index in [1.54, 1.807) is 18.2 Å². The fourth-order valence-corrected chi connectivity index (χ4v) is 1.20. The second-order valence-corrected chi connectivity index (χ2v) is 3.67. The summed E-state index contributed by atoms with van der Waals surface area (Å²) in [6, 6.07) is 7.07. The minimum atomic E-state index is -0.415. The number of ether oxygens (including phenoxy) is 1. The summed E-state index contributed by atoms with van der Waals surface area (Å²) in [5.74, 6) is 1.84. The quantitative estimate of drug-likeness (QED) is 0.479. The molecular weight excluding hydrogens is 214 g/mol. The summed E-state index contributed by atoms with van der Waals surface area (Å²) in [4.78, 5) is 11.5. The van der Waals surface area contributed by atoms with Crippen molar-refractivity contribution in [3.63, 3.8) is 0 Å². The number of terminal acetylenes is 1. The Bertz CT molecular complexity index is 458. The summed E-state index contributed by atoms with van der Waals surface area (Å²) in [5, 5.41) is 3.15. The van der Waals surface area contributed by atoms with Gasteiger partial charge in [-0.05, 0) is 25.1 Å². The van der Waals surface area contributed by atoms with Crippen LogP contribution in [-0.2, 0) is 4.74 Å². The largest absolute Gasteiger partial charge is 0.449 e. The lowest BCUT2D eigenvalue weighted by Gasteiger charge is -2.07. The molecule has 0 spiro atoms. The molecule has 0 aliphatic rings. The lowest BCUT2D eigenvalue weighted by Crippen LogP contribution is -2.07. The highest BCUT2D eigenvalue weighted by atomic mass is 16.5. The molecule has 0 aliphatic heterocycles. The Kier molecular flexibility index (Phi) is 4.83. The van der Waals surface area contributed by atoms with E-state index in [1.807, 2.05) is 13.0 Å². The molecule has 0 saturated heterocycles. The van der Waals surface area contributed by atoms with Crippen LogP contribution in [0.15, 0.2) is 36.4 Å². The van der Waals surface area contributed by atoms with Gasteiger partial charge in [-0.3, -0.25) is 0 Å². The Morgan fingerprint density at radius 1 is 1.59 bits per heavy atom. The zero-order valence-corrected chi connectivity index (χ0v) is 9.82. The number of anilines is 1. The van der Waals surface area contributed by atoms with E-state index in [4.69, 9.17) is 11.2 Å². The van der Waals surface area contributed by atoms with Crippen molar-refractivity contribution in [1.82, 2.24) is 0 Å². The van der Waals surface area contributed by atoms with Crippen LogP contribution in [0.1, 0.15) is 17.3 Å². The van der Waals surface area contributed by atoms with Gasteiger partial charge in [-0.25, -0.2) is 4.79 Å². The third kappa shape index (κ3) is 4.43. The van der Waals surface area contributed by atoms with Gasteiger partial charge in [-0.15, -0.1) is 6.42 Å². The van der Waals surface area contributed by atoms with Crippen LogP contribution in [-0.4, -0.2) is 19.1 Å². The summed E-state index contributed by atoms with van der Waals surface area (Å²) in [5.41, 5.74) is 2.35. The summed E-state index contributed by atoms with van der Waals surface area (Å²) in [7, 11) is 0. The van der Waals surface area contributed by atoms with Gasteiger partial charge in [0.05, 0.1) is 5.56 Å². The highest BCUT2D eigenvalue weighted by Gasteiger charge is 2.06. The van der Waals surface area contributed by atoms with Gasteiger partial charge in [0, 0.05) is 12.2 Å². The molecule has 0 fully saturated rings. The highest BCUT2D eigenvalue weighted by molar-refractivity contribution is 5.90. The molecule has 1 rings (SSSR count). The number of carbonyl (C=O) groups excluding carboxylic acids is 1. The number of benzene rings is 1. The van der Waals surface area contributed by atoms with Crippen LogP contribution in [0, 0.1) is 12.3 Å². The fourth-order valence-electron chi connectivity index (χ4n) is 1.20. The maximum absolute atomic E-state index is 11.5. The molecule has 1 aromatic rings. The molecule has 1 N–H and O–H groups in total. The summed E-state index contributed by atoms with van der Waals surface area (Å²) >= 11 is 0. The van der Waals surface area contributed by atoms with Crippen LogP contribution in [0.2, 0.25) is 0 Å². The topological polar surface area (TPSA) is 38.3 Å². The Balaban J connectivity index is 2.68. The molecule has 0 aliphatic carbocycles. The van der Waals surface area contributed by atoms with Gasteiger partial charge in [0.15, 0.2) is 6.61 Å². The van der Waals surface area contributed by atoms with Gasteiger partial charge in [0.1, 0.15) is 0 Å². The molecule has 3 heteroatoms. The molecule has 3 nitrogen and oxygen atoms in total. The molecule has 0 saturated carbocycles. The van der Waals surface area contributed by atoms with Gasteiger partial charge in [-0.1, -0.05) is 24.1 Å². The lowest BCUT2D eigenvalue weighted by molar-refractivity contribution is 0.0557. The zero-order chi connectivity index (χ0) is 12.7. The van der Waals surface area contributed by atoms with Crippen LogP contribution in [0.3, 0.4) is 0 Å². The van der Waals surface area contributed by atoms with E-state index in [-0.39, 0.29) is 6.61 Å². The first-order valence-electron chi connectivity index (χ1n) is 5.22. The van der Waals surface area contributed by atoms with Gasteiger partial charge < -0.3 is 10.1 Å². The average molecular weight is 229 g/mol. The molecule has 0 radical (unpaired) electrons. The molecule has 17 heavy (non-hydrogen) atoms. The normalized spacial score (nSPS) is 9.18. The molecule has 0 aromatic heterocycles. The van der Waals surface area contributed by atoms with Gasteiger partial charge in [0.2, 0.25) is 0 Å². The second kappa shape index (κ2) is 6.39. The van der Waals surface area contributed by atoms with Crippen molar-refractivity contribution in [2.45, 2.75) is 6.92 Å². The van der Waals surface area contributed by atoms with Gasteiger partial charge >= 0.3 is 5.97 Å². The van der Waals surface area contributed by atoms with Crippen molar-refractivity contribution in [3.05, 3.63) is 42.0 Å². The average Bonchev–Trinajstić information content (AvgIpc) is 2.33. The predicted molar refractivity (Wildman–Crippen MR) is 68.9 cm³/mol. The Morgan fingerprint density at radius 3 is 3.00 bits per heavy atom. The van der Waals surface area contributed by atoms with E-state index in [1.165, 1.54) is 0 Å². The smallest absolute Gasteiger partial charge is 0.339 e. The first-order chi connectivity index (χ1) is 8.13. The van der Waals surface area contributed by atoms with E-state index in [2.05, 4.69) is 17.8 Å². The third-order valence-corrected chi connectivity index (χ3v) is 1.98. The van der Waals surface area contributed by atoms with E-state index in [0.29, 0.717) is 12.1 Å². The molecular formula is C14H15NO2. The van der Waals surface area contributed by atoms with Crippen LogP contribution in [0.5, 0.6) is 0 Å². The Morgan fingerprint density at radius 2 is 2.35 bits per heavy atom. The maximum Gasteiger partial charge on any atom is 0.339 e. The summed E-state index contributed by atoms with van der Waals surface area (Å²) in [6.45, 7) is 6.38. The van der Waals surface area contributed by atoms with Crippen molar-refractivity contribution < 1.29 is 9.53 Å². The maximum atomic E-state index is 11.5. The third-order valence-electron chi connectivity index (χ3n) is 1.98. The summed E-state index contributed by atoms with van der Waals surface area (Å²) in [6.07, 6.45) is 5.02. The minimum Gasteiger partial charge on any atom is -0.449 e. The molecule has 0 atom stereocenters. The molecule has 0 bridgehead atoms. The molecule has 0 amide bonds. The molecule has 1 aromatic carbocycles. The number of hydrogen-bond donors (Lipinski definition) is 1. The lowest BCUT2D eigenvalue weighted by atomic mass is 10.2. The zero-order valence-electron chi connectivity index (χ0n) is 9.82. The molecule has 0 heterocycles. The minimum absolute atomic E-state index is 0.0117. The summed E-state index contributed by atoms with van der Waals surface area (Å²) < 4.78 is 4.84. The van der Waals surface area contributed by atoms with E-state index in [0.717, 1.165) is 11.3 Å². The van der Waals surface area contributed by atoms with Crippen LogP contribution in [0.4, 0.5) is 5.69 Å². The van der Waals surface area contributed by atoms with Crippen molar-refractivity contribution in [3.8, 4) is 12.3 Å². The van der Waals surface area contributed by atoms with Crippen molar-refractivity contribution >= 4 is 11.7 Å². The number of esters is 1. The van der Waals surface area contributed by atoms with Gasteiger partial charge in [0.25, 0.3) is 0 Å². The van der Waals surface area contributed by atoms with E-state index >= 15 is 0 Å². The van der Waals surface area contributed by atoms with Crippen molar-refractivity contribution in [2.24, 2.45) is 0 Å². The van der Waals surface area contributed by atoms with Gasteiger partial charge in [-0.2, -0.15) is 0 Å². The van der Waals surface area contributed by atoms with Crippen LogP contribution in [0.25, 0.3) is 0 Å². The number of nitrogens with one attached hydrogen (secondary N) is 1. The van der Waals surface area contributed by atoms with Crippen LogP contribution < -0.4 is 5.32 Å². The monoisotopic (exact) mass is 229 g/mol. The number of hydrogen-bond acceptors (Lipinski definition) is 3. The fraction of sp³-hybridized carbons (Fsp3) is 0.214. The number of carbonyl (C=O) groups is 1. The van der Waals surface area contributed by atoms with E-state index in [9.17, 15) is 4.79 Å². The number of rotatable bonds is 5.